The molecule has 1 amide bonds. The van der Waals surface area contributed by atoms with Crippen molar-refractivity contribution in [2.75, 3.05) is 13.7 Å². The third kappa shape index (κ3) is 4.17. The lowest BCUT2D eigenvalue weighted by Gasteiger charge is -2.13. The molecule has 7 nitrogen and oxygen atoms in total. The average Bonchev–Trinajstić information content (AvgIpc) is 2.83. The lowest BCUT2D eigenvalue weighted by molar-refractivity contribution is 0.0916. The van der Waals surface area contributed by atoms with Gasteiger partial charge in [0.2, 0.25) is 0 Å². The number of nitrogens with zero attached hydrogens (tertiary/aromatic N) is 2. The Morgan fingerprint density at radius 1 is 1.10 bits per heavy atom. The van der Waals surface area contributed by atoms with Crippen LogP contribution in [0, 0.1) is 0 Å². The van der Waals surface area contributed by atoms with Gasteiger partial charge in [-0.25, -0.2) is 4.98 Å². The van der Waals surface area contributed by atoms with E-state index >= 15 is 0 Å². The van der Waals surface area contributed by atoms with Gasteiger partial charge in [-0.15, -0.1) is 0 Å². The van der Waals surface area contributed by atoms with E-state index in [0.29, 0.717) is 27.9 Å². The molecule has 0 aliphatic rings. The fourth-order valence-corrected chi connectivity index (χ4v) is 3.35. The Hall–Kier alpha value is -3.97. The second kappa shape index (κ2) is 8.81. The highest BCUT2D eigenvalue weighted by molar-refractivity contribution is 5.97. The number of amides is 1. The summed E-state index contributed by atoms with van der Waals surface area (Å²) >= 11 is 0. The first kappa shape index (κ1) is 20.3. The summed E-state index contributed by atoms with van der Waals surface area (Å²) in [7, 11) is 1.54. The third-order valence-electron chi connectivity index (χ3n) is 5.01. The van der Waals surface area contributed by atoms with Crippen molar-refractivity contribution in [2.24, 2.45) is 0 Å². The molecular formula is C24H21N3O4. The van der Waals surface area contributed by atoms with Gasteiger partial charge < -0.3 is 15.2 Å². The van der Waals surface area contributed by atoms with E-state index in [4.69, 9.17) is 4.74 Å². The largest absolute Gasteiger partial charge is 0.495 e. The first-order valence-corrected chi connectivity index (χ1v) is 9.74. The van der Waals surface area contributed by atoms with Crippen LogP contribution in [0.5, 0.6) is 5.75 Å². The van der Waals surface area contributed by atoms with E-state index in [1.807, 2.05) is 30.3 Å². The van der Waals surface area contributed by atoms with Crippen LogP contribution in [-0.2, 0) is 0 Å². The molecule has 0 aliphatic carbocycles. The van der Waals surface area contributed by atoms with Gasteiger partial charge in [-0.05, 0) is 35.9 Å². The molecule has 3 aromatic carbocycles. The molecule has 4 aromatic rings. The van der Waals surface area contributed by atoms with E-state index in [1.54, 1.807) is 42.5 Å². The maximum Gasteiger partial charge on any atom is 0.265 e. The number of aliphatic hydroxyl groups excluding tert-OH is 1. The molecule has 0 radical (unpaired) electrons. The number of aromatic nitrogens is 2. The molecule has 0 saturated carbocycles. The van der Waals surface area contributed by atoms with Gasteiger partial charge in [0.1, 0.15) is 12.1 Å². The van der Waals surface area contributed by atoms with Gasteiger partial charge in [0.05, 0.1) is 29.8 Å². The molecular weight excluding hydrogens is 394 g/mol. The summed E-state index contributed by atoms with van der Waals surface area (Å²) in [6.45, 7) is 0.0731. The zero-order valence-electron chi connectivity index (χ0n) is 16.9. The minimum absolute atomic E-state index is 0.0731. The minimum Gasteiger partial charge on any atom is -0.495 e. The Bertz CT molecular complexity index is 1290. The van der Waals surface area contributed by atoms with Gasteiger partial charge in [-0.1, -0.05) is 42.5 Å². The molecule has 31 heavy (non-hydrogen) atoms. The van der Waals surface area contributed by atoms with Gasteiger partial charge in [0.15, 0.2) is 0 Å². The molecule has 2 N–H and O–H groups in total. The van der Waals surface area contributed by atoms with Crippen LogP contribution in [0.1, 0.15) is 22.0 Å². The molecule has 1 heterocycles. The van der Waals surface area contributed by atoms with Crippen LogP contribution >= 0.6 is 0 Å². The fourth-order valence-electron chi connectivity index (χ4n) is 3.35. The monoisotopic (exact) mass is 415 g/mol. The second-order valence-electron chi connectivity index (χ2n) is 6.96. The smallest absolute Gasteiger partial charge is 0.265 e. The molecule has 156 valence electrons. The number of carbonyl (C=O) groups is 1. The number of benzene rings is 3. The van der Waals surface area contributed by atoms with Crippen molar-refractivity contribution in [1.29, 1.82) is 0 Å². The Morgan fingerprint density at radius 3 is 2.61 bits per heavy atom. The predicted octanol–water partition coefficient (Wildman–Crippen LogP) is 2.86. The van der Waals surface area contributed by atoms with Crippen molar-refractivity contribution >= 4 is 16.8 Å². The Labute approximate surface area is 178 Å². The van der Waals surface area contributed by atoms with Gasteiger partial charge in [0, 0.05) is 12.1 Å². The highest BCUT2D eigenvalue weighted by Gasteiger charge is 2.14. The number of hydrogen-bond acceptors (Lipinski definition) is 5. The van der Waals surface area contributed by atoms with Crippen molar-refractivity contribution in [3.8, 4) is 11.4 Å². The summed E-state index contributed by atoms with van der Waals surface area (Å²) in [6, 6.07) is 21.0. The van der Waals surface area contributed by atoms with Crippen molar-refractivity contribution < 1.29 is 14.6 Å². The van der Waals surface area contributed by atoms with Gasteiger partial charge in [-0.2, -0.15) is 0 Å². The van der Waals surface area contributed by atoms with Crippen LogP contribution in [-0.4, -0.2) is 34.2 Å². The lowest BCUT2D eigenvalue weighted by Crippen LogP contribution is -2.28. The van der Waals surface area contributed by atoms with Crippen LogP contribution in [0.25, 0.3) is 16.6 Å². The molecule has 0 spiro atoms. The van der Waals surface area contributed by atoms with E-state index in [2.05, 4.69) is 10.3 Å². The molecule has 0 bridgehead atoms. The minimum atomic E-state index is -0.809. The molecule has 7 heteroatoms. The van der Waals surface area contributed by atoms with E-state index in [0.717, 1.165) is 5.56 Å². The first-order chi connectivity index (χ1) is 15.1. The Kier molecular flexibility index (Phi) is 5.77. The van der Waals surface area contributed by atoms with Crippen LogP contribution in [0.15, 0.2) is 83.9 Å². The SMILES string of the molecule is COc1ccccc1-n1cnc2cc(C(=O)NCC(O)c3ccccc3)ccc2c1=O. The van der Waals surface area contributed by atoms with E-state index in [1.165, 1.54) is 18.0 Å². The van der Waals surface area contributed by atoms with Crippen molar-refractivity contribution in [3.05, 3.63) is 101 Å². The number of para-hydroxylation sites is 2. The zero-order valence-corrected chi connectivity index (χ0v) is 16.9. The summed E-state index contributed by atoms with van der Waals surface area (Å²) in [4.78, 5) is 29.9. The quantitative estimate of drug-likeness (QED) is 0.505. The summed E-state index contributed by atoms with van der Waals surface area (Å²) in [5.41, 5.74) is 1.81. The molecule has 0 aliphatic heterocycles. The second-order valence-corrected chi connectivity index (χ2v) is 6.96. The number of carbonyl (C=O) groups excluding carboxylic acids is 1. The molecule has 1 aromatic heterocycles. The third-order valence-corrected chi connectivity index (χ3v) is 5.01. The number of rotatable bonds is 6. The molecule has 0 fully saturated rings. The highest BCUT2D eigenvalue weighted by atomic mass is 16.5. The maximum atomic E-state index is 13.0. The first-order valence-electron chi connectivity index (χ1n) is 9.74. The summed E-state index contributed by atoms with van der Waals surface area (Å²) < 4.78 is 6.75. The fraction of sp³-hybridized carbons (Fsp3) is 0.125. The average molecular weight is 415 g/mol. The number of hydrogen-bond donors (Lipinski definition) is 2. The molecule has 4 rings (SSSR count). The molecule has 0 saturated heterocycles. The van der Waals surface area contributed by atoms with Crippen molar-refractivity contribution in [1.82, 2.24) is 14.9 Å². The summed E-state index contributed by atoms with van der Waals surface area (Å²) in [5, 5.41) is 13.3. The summed E-state index contributed by atoms with van der Waals surface area (Å²) in [6.07, 6.45) is 0.611. The number of methoxy groups -OCH3 is 1. The number of fused-ring (bicyclic) bond motifs is 1. The van der Waals surface area contributed by atoms with Gasteiger partial charge >= 0.3 is 0 Å². The van der Waals surface area contributed by atoms with Crippen LogP contribution in [0.3, 0.4) is 0 Å². The lowest BCUT2D eigenvalue weighted by atomic mass is 10.1. The van der Waals surface area contributed by atoms with Gasteiger partial charge in [0.25, 0.3) is 11.5 Å². The normalized spacial score (nSPS) is 11.8. The van der Waals surface area contributed by atoms with Crippen LogP contribution in [0.4, 0.5) is 0 Å². The molecule has 1 atom stereocenters. The summed E-state index contributed by atoms with van der Waals surface area (Å²) in [5.74, 6) is 0.200. The Morgan fingerprint density at radius 2 is 1.84 bits per heavy atom. The van der Waals surface area contributed by atoms with Crippen molar-refractivity contribution in [2.45, 2.75) is 6.10 Å². The van der Waals surface area contributed by atoms with Crippen LogP contribution in [0.2, 0.25) is 0 Å². The predicted molar refractivity (Wildman–Crippen MR) is 118 cm³/mol. The zero-order chi connectivity index (χ0) is 21.8. The Balaban J connectivity index is 1.57. The number of nitrogens with one attached hydrogen (secondary N) is 1. The van der Waals surface area contributed by atoms with E-state index < -0.39 is 6.10 Å². The van der Waals surface area contributed by atoms with E-state index in [-0.39, 0.29) is 18.0 Å². The standard InChI is InChI=1S/C24H21N3O4/c1-31-22-10-6-5-9-20(22)27-15-26-19-13-17(11-12-18(19)24(27)30)23(29)25-14-21(28)16-7-3-2-4-8-16/h2-13,15,21,28H,14H2,1H3,(H,25,29). The molecule has 1 unspecified atom stereocenters. The number of aliphatic hydroxyl groups is 1. The van der Waals surface area contributed by atoms with Crippen molar-refractivity contribution in [3.63, 3.8) is 0 Å². The topological polar surface area (TPSA) is 93.5 Å². The van der Waals surface area contributed by atoms with Crippen LogP contribution < -0.4 is 15.6 Å². The highest BCUT2D eigenvalue weighted by Crippen LogP contribution is 2.21. The maximum absolute atomic E-state index is 13.0. The van der Waals surface area contributed by atoms with E-state index in [9.17, 15) is 14.7 Å². The number of ether oxygens (including phenoxy) is 1. The van der Waals surface area contributed by atoms with Gasteiger partial charge in [-0.3, -0.25) is 14.2 Å².